The third-order valence-electron chi connectivity index (χ3n) is 3.85. The Kier molecular flexibility index (Phi) is 4.11. The van der Waals surface area contributed by atoms with Gasteiger partial charge in [-0.15, -0.1) is 0 Å². The molecule has 0 radical (unpaired) electrons. The monoisotopic (exact) mass is 239 g/mol. The lowest BCUT2D eigenvalue weighted by Gasteiger charge is -2.21. The number of benzene rings is 1. The van der Waals surface area contributed by atoms with Gasteiger partial charge in [-0.3, -0.25) is 0 Å². The minimum atomic E-state index is -0.779. The van der Waals surface area contributed by atoms with Crippen LogP contribution in [0.15, 0.2) is 18.2 Å². The molecule has 1 atom stereocenters. The van der Waals surface area contributed by atoms with Gasteiger partial charge in [0, 0.05) is 0 Å². The molecule has 2 rings (SSSR count). The molecule has 1 fully saturated rings. The van der Waals surface area contributed by atoms with Crippen molar-refractivity contribution >= 4 is 0 Å². The number of halogens is 2. The summed E-state index contributed by atoms with van der Waals surface area (Å²) in [4.78, 5) is 0. The maximum absolute atomic E-state index is 13.1. The first-order valence-corrected chi connectivity index (χ1v) is 6.34. The van der Waals surface area contributed by atoms with Crippen molar-refractivity contribution in [3.8, 4) is 0 Å². The van der Waals surface area contributed by atoms with E-state index in [1.54, 1.807) is 6.07 Å². The number of hydrogen-bond donors (Lipinski definition) is 1. The second kappa shape index (κ2) is 5.58. The summed E-state index contributed by atoms with van der Waals surface area (Å²) in [6.07, 6.45) is 5.77. The summed E-state index contributed by atoms with van der Waals surface area (Å²) >= 11 is 0. The van der Waals surface area contributed by atoms with E-state index >= 15 is 0 Å². The van der Waals surface area contributed by atoms with Gasteiger partial charge in [0.25, 0.3) is 0 Å². The lowest BCUT2D eigenvalue weighted by Crippen LogP contribution is -2.24. The summed E-state index contributed by atoms with van der Waals surface area (Å²) in [7, 11) is 0. The topological polar surface area (TPSA) is 26.0 Å². The van der Waals surface area contributed by atoms with Gasteiger partial charge in [-0.05, 0) is 42.5 Å². The minimum Gasteiger partial charge on any atom is -0.330 e. The summed E-state index contributed by atoms with van der Waals surface area (Å²) in [6, 6.07) is 4.16. The van der Waals surface area contributed by atoms with Gasteiger partial charge in [-0.2, -0.15) is 0 Å². The van der Waals surface area contributed by atoms with Crippen molar-refractivity contribution in [2.45, 2.75) is 32.1 Å². The highest BCUT2D eigenvalue weighted by atomic mass is 19.2. The standard InChI is InChI=1S/C14H19F2N/c15-13-6-5-10(8-14(13)16)7-12(9-17)11-3-1-2-4-11/h5-6,8,11-12H,1-4,7,9,17H2. The molecule has 17 heavy (non-hydrogen) atoms. The van der Waals surface area contributed by atoms with Crippen molar-refractivity contribution in [3.63, 3.8) is 0 Å². The lowest BCUT2D eigenvalue weighted by molar-refractivity contribution is 0.344. The first-order valence-electron chi connectivity index (χ1n) is 6.34. The first-order chi connectivity index (χ1) is 8.20. The fraction of sp³-hybridized carbons (Fsp3) is 0.571. The highest BCUT2D eigenvalue weighted by molar-refractivity contribution is 5.18. The molecule has 2 N–H and O–H groups in total. The summed E-state index contributed by atoms with van der Waals surface area (Å²) in [6.45, 7) is 0.629. The van der Waals surface area contributed by atoms with E-state index in [1.807, 2.05) is 0 Å². The van der Waals surface area contributed by atoms with Crippen LogP contribution in [-0.4, -0.2) is 6.54 Å². The number of nitrogens with two attached hydrogens (primary N) is 1. The van der Waals surface area contributed by atoms with Crippen LogP contribution >= 0.6 is 0 Å². The molecule has 0 amide bonds. The van der Waals surface area contributed by atoms with Gasteiger partial charge >= 0.3 is 0 Å². The molecule has 1 unspecified atom stereocenters. The Morgan fingerprint density at radius 3 is 2.47 bits per heavy atom. The van der Waals surface area contributed by atoms with Crippen LogP contribution in [0.4, 0.5) is 8.78 Å². The van der Waals surface area contributed by atoms with Crippen LogP contribution in [0.25, 0.3) is 0 Å². The molecule has 0 saturated heterocycles. The van der Waals surface area contributed by atoms with Crippen LogP contribution in [0.1, 0.15) is 31.2 Å². The second-order valence-corrected chi connectivity index (χ2v) is 4.99. The average molecular weight is 239 g/mol. The summed E-state index contributed by atoms with van der Waals surface area (Å²) in [5.41, 5.74) is 6.65. The Bertz CT molecular complexity index is 372. The molecule has 1 nitrogen and oxygen atoms in total. The van der Waals surface area contributed by atoms with Crippen molar-refractivity contribution in [2.24, 2.45) is 17.6 Å². The summed E-state index contributed by atoms with van der Waals surface area (Å²) < 4.78 is 25.9. The largest absolute Gasteiger partial charge is 0.330 e. The smallest absolute Gasteiger partial charge is 0.159 e. The van der Waals surface area contributed by atoms with E-state index in [9.17, 15) is 8.78 Å². The van der Waals surface area contributed by atoms with Gasteiger partial charge in [0.2, 0.25) is 0 Å². The average Bonchev–Trinajstić information content (AvgIpc) is 2.84. The van der Waals surface area contributed by atoms with E-state index in [0.29, 0.717) is 18.4 Å². The molecule has 3 heteroatoms. The molecular weight excluding hydrogens is 220 g/mol. The van der Waals surface area contributed by atoms with Gasteiger partial charge < -0.3 is 5.73 Å². The van der Waals surface area contributed by atoms with E-state index < -0.39 is 11.6 Å². The van der Waals surface area contributed by atoms with Gasteiger partial charge in [0.15, 0.2) is 11.6 Å². The Morgan fingerprint density at radius 1 is 1.18 bits per heavy atom. The van der Waals surface area contributed by atoms with Crippen molar-refractivity contribution < 1.29 is 8.78 Å². The van der Waals surface area contributed by atoms with Gasteiger partial charge in [0.05, 0.1) is 0 Å². The number of hydrogen-bond acceptors (Lipinski definition) is 1. The van der Waals surface area contributed by atoms with Crippen LogP contribution in [0.5, 0.6) is 0 Å². The van der Waals surface area contributed by atoms with E-state index in [1.165, 1.54) is 37.8 Å². The van der Waals surface area contributed by atoms with Gasteiger partial charge in [0.1, 0.15) is 0 Å². The second-order valence-electron chi connectivity index (χ2n) is 4.99. The summed E-state index contributed by atoms with van der Waals surface area (Å²) in [5, 5.41) is 0. The Hall–Kier alpha value is -0.960. The number of rotatable bonds is 4. The minimum absolute atomic E-state index is 0.405. The highest BCUT2D eigenvalue weighted by Gasteiger charge is 2.24. The maximum Gasteiger partial charge on any atom is 0.159 e. The molecule has 1 saturated carbocycles. The molecule has 0 aromatic heterocycles. The quantitative estimate of drug-likeness (QED) is 0.857. The zero-order valence-corrected chi connectivity index (χ0v) is 9.96. The van der Waals surface area contributed by atoms with E-state index in [2.05, 4.69) is 0 Å². The zero-order valence-electron chi connectivity index (χ0n) is 9.96. The zero-order chi connectivity index (χ0) is 12.3. The van der Waals surface area contributed by atoms with Crippen LogP contribution in [0, 0.1) is 23.5 Å². The molecule has 0 spiro atoms. The molecule has 0 aliphatic heterocycles. The Balaban J connectivity index is 2.04. The maximum atomic E-state index is 13.1. The fourth-order valence-electron chi connectivity index (χ4n) is 2.84. The SMILES string of the molecule is NCC(Cc1ccc(F)c(F)c1)C1CCCC1. The van der Waals surface area contributed by atoms with E-state index in [4.69, 9.17) is 5.73 Å². The van der Waals surface area contributed by atoms with Gasteiger partial charge in [-0.25, -0.2) is 8.78 Å². The molecular formula is C14H19F2N. The Labute approximate surface area is 101 Å². The molecule has 0 bridgehead atoms. The first kappa shape index (κ1) is 12.5. The van der Waals surface area contributed by atoms with Crippen molar-refractivity contribution in [1.82, 2.24) is 0 Å². The van der Waals surface area contributed by atoms with E-state index in [0.717, 1.165) is 12.0 Å². The third kappa shape index (κ3) is 3.03. The van der Waals surface area contributed by atoms with Crippen LogP contribution < -0.4 is 5.73 Å². The fourth-order valence-corrected chi connectivity index (χ4v) is 2.84. The van der Waals surface area contributed by atoms with E-state index in [-0.39, 0.29) is 0 Å². The van der Waals surface area contributed by atoms with Crippen molar-refractivity contribution in [1.29, 1.82) is 0 Å². The van der Waals surface area contributed by atoms with Gasteiger partial charge in [-0.1, -0.05) is 31.7 Å². The van der Waals surface area contributed by atoms with Crippen LogP contribution in [0.2, 0.25) is 0 Å². The molecule has 1 aromatic rings. The normalized spacial score (nSPS) is 18.5. The summed E-state index contributed by atoms with van der Waals surface area (Å²) in [5.74, 6) is -0.473. The molecule has 0 heterocycles. The van der Waals surface area contributed by atoms with Crippen molar-refractivity contribution in [3.05, 3.63) is 35.4 Å². The van der Waals surface area contributed by atoms with Crippen LogP contribution in [-0.2, 0) is 6.42 Å². The predicted octanol–water partition coefficient (Wildman–Crippen LogP) is 3.27. The third-order valence-corrected chi connectivity index (χ3v) is 3.85. The lowest BCUT2D eigenvalue weighted by atomic mass is 9.86. The Morgan fingerprint density at radius 2 is 1.88 bits per heavy atom. The van der Waals surface area contributed by atoms with Crippen molar-refractivity contribution in [2.75, 3.05) is 6.54 Å². The highest BCUT2D eigenvalue weighted by Crippen LogP contribution is 2.32. The molecule has 1 aliphatic carbocycles. The molecule has 94 valence electrons. The predicted molar refractivity (Wildman–Crippen MR) is 64.6 cm³/mol. The molecule has 1 aromatic carbocycles. The molecule has 1 aliphatic rings. The van der Waals surface area contributed by atoms with Crippen LogP contribution in [0.3, 0.4) is 0 Å².